The summed E-state index contributed by atoms with van der Waals surface area (Å²) in [5, 5.41) is 17.9. The first-order valence-electron chi connectivity index (χ1n) is 14.7. The molecule has 0 bridgehead atoms. The SMILES string of the molecule is CC.CC.CC.CC(C)O.CCOC(=O)c1sc2c(c1C)c(=O)n(C(C)(C)C(=O)O)c(=O)n2CCc1ccc(C)cc1. The van der Waals surface area contributed by atoms with Gasteiger partial charge in [-0.05, 0) is 66.0 Å². The van der Waals surface area contributed by atoms with Crippen LogP contribution >= 0.6 is 11.3 Å². The molecule has 9 nitrogen and oxygen atoms in total. The van der Waals surface area contributed by atoms with Crippen LogP contribution in [0.25, 0.3) is 10.2 Å². The summed E-state index contributed by atoms with van der Waals surface area (Å²) in [6, 6.07) is 7.85. The Morgan fingerprint density at radius 1 is 0.976 bits per heavy atom. The number of hydrogen-bond acceptors (Lipinski definition) is 7. The standard InChI is InChI=1S/C23H26N2O6S.C3H8O.3C2H6/c1-6-31-20(27)17-14(3)16-18(26)25(23(4,5)21(28)29)22(30)24(19(16)32-17)12-11-15-9-7-13(2)8-10-15;1-3(2)4;3*1-2/h7-10H,6,11-12H2,1-5H3,(H,28,29);3-4H,1-2H3;3*1-2H3. The molecule has 0 saturated carbocycles. The number of fused-ring (bicyclic) bond motifs is 1. The maximum Gasteiger partial charge on any atom is 0.348 e. The third-order valence-corrected chi connectivity index (χ3v) is 6.80. The molecule has 0 atom stereocenters. The van der Waals surface area contributed by atoms with Crippen LogP contribution in [0.1, 0.15) is 103 Å². The van der Waals surface area contributed by atoms with Crippen LogP contribution in [-0.2, 0) is 28.0 Å². The van der Waals surface area contributed by atoms with Crippen LogP contribution in [0.15, 0.2) is 33.9 Å². The van der Waals surface area contributed by atoms with Crippen LogP contribution in [0.4, 0.5) is 0 Å². The van der Waals surface area contributed by atoms with Crippen LogP contribution in [0.3, 0.4) is 0 Å². The largest absolute Gasteiger partial charge is 0.480 e. The maximum atomic E-state index is 13.4. The zero-order valence-corrected chi connectivity index (χ0v) is 28.6. The number of nitrogens with zero attached hydrogens (tertiary/aromatic N) is 2. The highest BCUT2D eigenvalue weighted by molar-refractivity contribution is 7.20. The molecule has 3 rings (SSSR count). The van der Waals surface area contributed by atoms with Crippen molar-refractivity contribution in [2.45, 2.75) is 115 Å². The average molecular weight is 609 g/mol. The van der Waals surface area contributed by atoms with E-state index in [1.165, 1.54) is 18.4 Å². The molecule has 2 heterocycles. The van der Waals surface area contributed by atoms with E-state index in [1.54, 1.807) is 27.7 Å². The van der Waals surface area contributed by atoms with Gasteiger partial charge in [-0.1, -0.05) is 71.4 Å². The first kappa shape index (κ1) is 40.9. The average Bonchev–Trinajstić information content (AvgIpc) is 3.30. The number of ether oxygens (including phenoxy) is 1. The molecule has 0 radical (unpaired) electrons. The summed E-state index contributed by atoms with van der Waals surface area (Å²) in [4.78, 5) is 51.6. The van der Waals surface area contributed by atoms with Crippen molar-refractivity contribution in [2.75, 3.05) is 6.61 Å². The van der Waals surface area contributed by atoms with Crippen LogP contribution in [0.2, 0.25) is 0 Å². The van der Waals surface area contributed by atoms with Gasteiger partial charge in [0, 0.05) is 12.6 Å². The first-order valence-corrected chi connectivity index (χ1v) is 15.5. The van der Waals surface area contributed by atoms with Crippen LogP contribution in [-0.4, -0.2) is 44.0 Å². The number of aromatic nitrogens is 2. The number of aryl methyl sites for hydroxylation is 4. The second-order valence-corrected chi connectivity index (χ2v) is 10.2. The number of carbonyl (C=O) groups is 2. The lowest BCUT2D eigenvalue weighted by Crippen LogP contribution is -2.52. The lowest BCUT2D eigenvalue weighted by atomic mass is 10.1. The predicted molar refractivity (Wildman–Crippen MR) is 174 cm³/mol. The Bertz CT molecular complexity index is 1360. The van der Waals surface area contributed by atoms with Gasteiger partial charge in [0.05, 0.1) is 12.0 Å². The van der Waals surface area contributed by atoms with Gasteiger partial charge in [0.2, 0.25) is 0 Å². The van der Waals surface area contributed by atoms with Crippen molar-refractivity contribution in [1.82, 2.24) is 9.13 Å². The van der Waals surface area contributed by atoms with E-state index in [-0.39, 0.29) is 29.5 Å². The number of carboxylic acids is 1. The van der Waals surface area contributed by atoms with Gasteiger partial charge in [0.25, 0.3) is 5.56 Å². The number of aliphatic hydroxyl groups is 1. The molecule has 0 unspecified atom stereocenters. The minimum atomic E-state index is -1.77. The Balaban J connectivity index is 0. The fourth-order valence-electron chi connectivity index (χ4n) is 3.52. The molecule has 0 aliphatic rings. The summed E-state index contributed by atoms with van der Waals surface area (Å²) in [5.74, 6) is -1.88. The number of hydrogen-bond donors (Lipinski definition) is 2. The van der Waals surface area contributed by atoms with Crippen LogP contribution in [0.5, 0.6) is 0 Å². The van der Waals surface area contributed by atoms with E-state index in [2.05, 4.69) is 0 Å². The number of benzene rings is 1. The van der Waals surface area contributed by atoms with Crippen LogP contribution < -0.4 is 11.2 Å². The van der Waals surface area contributed by atoms with E-state index in [1.807, 2.05) is 72.7 Å². The molecule has 10 heteroatoms. The Morgan fingerprint density at radius 2 is 1.45 bits per heavy atom. The zero-order chi connectivity index (χ0) is 33.4. The smallest absolute Gasteiger partial charge is 0.348 e. The van der Waals surface area contributed by atoms with Gasteiger partial charge in [-0.25, -0.2) is 19.0 Å². The fraction of sp³-hybridized carbons (Fsp3) is 0.562. The Labute approximate surface area is 254 Å². The maximum absolute atomic E-state index is 13.4. The predicted octanol–water partition coefficient (Wildman–Crippen LogP) is 6.55. The molecular formula is C32H52N2O7S. The minimum Gasteiger partial charge on any atom is -0.480 e. The van der Waals surface area contributed by atoms with Crippen LogP contribution in [0, 0.1) is 13.8 Å². The summed E-state index contributed by atoms with van der Waals surface area (Å²) in [6.45, 7) is 23.7. The Morgan fingerprint density at radius 3 is 1.88 bits per heavy atom. The molecule has 0 fully saturated rings. The topological polar surface area (TPSA) is 128 Å². The summed E-state index contributed by atoms with van der Waals surface area (Å²) in [6.07, 6.45) is 0.326. The second-order valence-electron chi connectivity index (χ2n) is 9.23. The molecule has 2 N–H and O–H groups in total. The molecule has 238 valence electrons. The highest BCUT2D eigenvalue weighted by Gasteiger charge is 2.35. The summed E-state index contributed by atoms with van der Waals surface area (Å²) >= 11 is 1.02. The van der Waals surface area contributed by atoms with Crippen molar-refractivity contribution < 1.29 is 24.5 Å². The number of thiophene rings is 1. The Kier molecular flexibility index (Phi) is 19.3. The first-order chi connectivity index (χ1) is 19.7. The van der Waals surface area contributed by atoms with Crippen molar-refractivity contribution >= 4 is 33.5 Å². The number of carboxylic acid groups (broad SMARTS) is 1. The van der Waals surface area contributed by atoms with Gasteiger partial charge >= 0.3 is 17.6 Å². The van der Waals surface area contributed by atoms with Gasteiger partial charge in [0.15, 0.2) is 0 Å². The van der Waals surface area contributed by atoms with Crippen molar-refractivity contribution in [1.29, 1.82) is 0 Å². The molecule has 1 aromatic carbocycles. The minimum absolute atomic E-state index is 0.163. The van der Waals surface area contributed by atoms with E-state index in [0.29, 0.717) is 16.8 Å². The molecule has 0 amide bonds. The molecule has 0 saturated heterocycles. The van der Waals surface area contributed by atoms with E-state index >= 15 is 0 Å². The van der Waals surface area contributed by atoms with Gasteiger partial charge in [-0.3, -0.25) is 9.36 Å². The van der Waals surface area contributed by atoms with E-state index in [9.17, 15) is 24.3 Å². The van der Waals surface area contributed by atoms with Crippen molar-refractivity contribution in [3.8, 4) is 0 Å². The summed E-state index contributed by atoms with van der Waals surface area (Å²) < 4.78 is 7.26. The van der Waals surface area contributed by atoms with Gasteiger partial charge in [-0.2, -0.15) is 0 Å². The number of aliphatic hydroxyl groups excluding tert-OH is 1. The molecule has 42 heavy (non-hydrogen) atoms. The lowest BCUT2D eigenvalue weighted by molar-refractivity contribution is -0.146. The van der Waals surface area contributed by atoms with E-state index in [0.717, 1.165) is 27.0 Å². The molecular weight excluding hydrogens is 556 g/mol. The third-order valence-electron chi connectivity index (χ3n) is 5.50. The van der Waals surface area contributed by atoms with E-state index < -0.39 is 28.7 Å². The number of esters is 1. The normalized spacial score (nSPS) is 10.2. The molecule has 0 aliphatic carbocycles. The molecule has 0 aliphatic heterocycles. The van der Waals surface area contributed by atoms with Gasteiger partial charge in [0.1, 0.15) is 15.2 Å². The van der Waals surface area contributed by atoms with Gasteiger partial charge < -0.3 is 14.9 Å². The quantitative estimate of drug-likeness (QED) is 0.291. The molecule has 3 aromatic rings. The van der Waals surface area contributed by atoms with Crippen molar-refractivity contribution in [3.63, 3.8) is 0 Å². The number of aliphatic carboxylic acids is 1. The highest BCUT2D eigenvalue weighted by Crippen LogP contribution is 2.29. The second kappa shape index (κ2) is 19.8. The van der Waals surface area contributed by atoms with Crippen molar-refractivity contribution in [2.24, 2.45) is 0 Å². The summed E-state index contributed by atoms with van der Waals surface area (Å²) in [5.41, 5.74) is -0.742. The lowest BCUT2D eigenvalue weighted by Gasteiger charge is -2.23. The van der Waals surface area contributed by atoms with E-state index in [4.69, 9.17) is 9.84 Å². The molecule has 2 aromatic heterocycles. The fourth-order valence-corrected chi connectivity index (χ4v) is 4.73. The Hall–Kier alpha value is -3.24. The number of rotatable bonds is 7. The zero-order valence-electron chi connectivity index (χ0n) is 27.7. The van der Waals surface area contributed by atoms with Crippen molar-refractivity contribution in [3.05, 3.63) is 66.7 Å². The number of carbonyl (C=O) groups excluding carboxylic acids is 1. The monoisotopic (exact) mass is 608 g/mol. The molecule has 0 spiro atoms. The highest BCUT2D eigenvalue weighted by atomic mass is 32.1. The summed E-state index contributed by atoms with van der Waals surface area (Å²) in [7, 11) is 0. The third kappa shape index (κ3) is 10.5. The van der Waals surface area contributed by atoms with Gasteiger partial charge in [-0.15, -0.1) is 11.3 Å².